The highest BCUT2D eigenvalue weighted by Crippen LogP contribution is 2.67. The van der Waals surface area contributed by atoms with E-state index in [0.717, 1.165) is 11.3 Å². The Morgan fingerprint density at radius 3 is 2.30 bits per heavy atom. The van der Waals surface area contributed by atoms with Gasteiger partial charge in [-0.15, -0.1) is 11.3 Å². The minimum atomic E-state index is -3.48. The van der Waals surface area contributed by atoms with Crippen molar-refractivity contribution in [3.63, 3.8) is 0 Å². The molecule has 0 bridgehead atoms. The molecule has 0 spiro atoms. The summed E-state index contributed by atoms with van der Waals surface area (Å²) < 4.78 is 27.4. The third-order valence-electron chi connectivity index (χ3n) is 4.89. The van der Waals surface area contributed by atoms with Crippen molar-refractivity contribution in [1.29, 1.82) is 0 Å². The first-order valence-electron chi connectivity index (χ1n) is 6.39. The lowest BCUT2D eigenvalue weighted by Gasteiger charge is -2.05. The summed E-state index contributed by atoms with van der Waals surface area (Å²) in [6, 6.07) is 3.19. The molecule has 1 aromatic heterocycles. The normalized spacial score (nSPS) is 20.8. The van der Waals surface area contributed by atoms with E-state index < -0.39 is 10.0 Å². The maximum absolute atomic E-state index is 12.2. The molecule has 1 heterocycles. The van der Waals surface area contributed by atoms with Crippen LogP contribution in [-0.4, -0.2) is 20.0 Å². The van der Waals surface area contributed by atoms with E-state index in [4.69, 9.17) is 18.0 Å². The number of thiocarbonyl (C=S) groups is 1. The first kappa shape index (κ1) is 15.9. The zero-order valence-electron chi connectivity index (χ0n) is 12.1. The Morgan fingerprint density at radius 2 is 1.90 bits per heavy atom. The summed E-state index contributed by atoms with van der Waals surface area (Å²) in [5, 5.41) is 0. The van der Waals surface area contributed by atoms with Crippen molar-refractivity contribution in [2.24, 2.45) is 22.5 Å². The first-order chi connectivity index (χ1) is 9.00. The van der Waals surface area contributed by atoms with E-state index in [9.17, 15) is 8.42 Å². The van der Waals surface area contributed by atoms with Crippen molar-refractivity contribution in [2.45, 2.75) is 31.9 Å². The van der Waals surface area contributed by atoms with Gasteiger partial charge in [-0.1, -0.05) is 39.9 Å². The molecule has 0 aliphatic heterocycles. The molecule has 0 radical (unpaired) electrons. The van der Waals surface area contributed by atoms with Crippen LogP contribution in [0.4, 0.5) is 0 Å². The van der Waals surface area contributed by atoms with E-state index in [1.165, 1.54) is 0 Å². The van der Waals surface area contributed by atoms with E-state index in [1.807, 2.05) is 0 Å². The molecule has 20 heavy (non-hydrogen) atoms. The van der Waals surface area contributed by atoms with Crippen LogP contribution in [0.1, 0.15) is 32.6 Å². The van der Waals surface area contributed by atoms with Crippen molar-refractivity contribution in [2.75, 3.05) is 6.54 Å². The van der Waals surface area contributed by atoms with E-state index in [-0.39, 0.29) is 20.0 Å². The number of rotatable bonds is 5. The number of thiophene rings is 1. The Kier molecular flexibility index (Phi) is 3.78. The Morgan fingerprint density at radius 1 is 1.35 bits per heavy atom. The maximum atomic E-state index is 12.2. The second-order valence-corrected chi connectivity index (χ2v) is 9.85. The van der Waals surface area contributed by atoms with Gasteiger partial charge < -0.3 is 5.73 Å². The van der Waals surface area contributed by atoms with Crippen LogP contribution >= 0.6 is 23.6 Å². The van der Waals surface area contributed by atoms with Gasteiger partial charge in [0.1, 0.15) is 9.20 Å². The lowest BCUT2D eigenvalue weighted by Crippen LogP contribution is -2.26. The summed E-state index contributed by atoms with van der Waals surface area (Å²) in [7, 11) is -3.48. The van der Waals surface area contributed by atoms with Gasteiger partial charge in [-0.2, -0.15) is 0 Å². The molecule has 3 N–H and O–H groups in total. The molecule has 0 atom stereocenters. The summed E-state index contributed by atoms with van der Waals surface area (Å²) in [4.78, 5) is 0.841. The van der Waals surface area contributed by atoms with Crippen molar-refractivity contribution in [1.82, 2.24) is 4.72 Å². The van der Waals surface area contributed by atoms with Crippen molar-refractivity contribution in [3.8, 4) is 0 Å². The van der Waals surface area contributed by atoms with Gasteiger partial charge in [0, 0.05) is 6.54 Å². The van der Waals surface area contributed by atoms with Gasteiger partial charge in [0.05, 0.1) is 4.88 Å². The lowest BCUT2D eigenvalue weighted by molar-refractivity contribution is 0.457. The number of sulfonamides is 1. The predicted octanol–water partition coefficient (Wildman–Crippen LogP) is 2.34. The third kappa shape index (κ3) is 2.52. The quantitative estimate of drug-likeness (QED) is 0.812. The third-order valence-corrected chi connectivity index (χ3v) is 8.27. The molecule has 1 fully saturated rings. The molecule has 0 saturated heterocycles. The second kappa shape index (κ2) is 4.76. The molecular weight excluding hydrogens is 312 g/mol. The molecule has 7 heteroatoms. The van der Waals surface area contributed by atoms with Crippen LogP contribution in [0.3, 0.4) is 0 Å². The Balaban J connectivity index is 2.07. The number of nitrogens with two attached hydrogens (primary N) is 1. The standard InChI is InChI=1S/C13H20N2O2S3/c1-12(2)9(13(12,3)4)7-15-20(16,17)10-6-5-8(19-10)11(14)18/h5-6,9,15H,7H2,1-4H3,(H2,14,18). The summed E-state index contributed by atoms with van der Waals surface area (Å²) >= 11 is 5.95. The molecule has 112 valence electrons. The van der Waals surface area contributed by atoms with Gasteiger partial charge in [-0.05, 0) is 28.9 Å². The van der Waals surface area contributed by atoms with Crippen LogP contribution < -0.4 is 10.5 Å². The van der Waals surface area contributed by atoms with Gasteiger partial charge >= 0.3 is 0 Å². The highest BCUT2D eigenvalue weighted by atomic mass is 32.2. The van der Waals surface area contributed by atoms with Crippen LogP contribution in [-0.2, 0) is 10.0 Å². The minimum absolute atomic E-state index is 0.162. The Bertz CT molecular complexity index is 630. The van der Waals surface area contributed by atoms with Gasteiger partial charge in [0.2, 0.25) is 10.0 Å². The van der Waals surface area contributed by atoms with Gasteiger partial charge in [-0.25, -0.2) is 13.1 Å². The van der Waals surface area contributed by atoms with Gasteiger partial charge in [0.25, 0.3) is 0 Å². The molecule has 4 nitrogen and oxygen atoms in total. The van der Waals surface area contributed by atoms with Gasteiger partial charge in [0.15, 0.2) is 0 Å². The topological polar surface area (TPSA) is 72.2 Å². The smallest absolute Gasteiger partial charge is 0.250 e. The van der Waals surface area contributed by atoms with Crippen LogP contribution in [0.15, 0.2) is 16.3 Å². The fourth-order valence-corrected chi connectivity index (χ4v) is 5.15. The Labute approximate surface area is 129 Å². The Hall–Kier alpha value is -0.500. The zero-order chi connectivity index (χ0) is 15.3. The van der Waals surface area contributed by atoms with Crippen molar-refractivity contribution in [3.05, 3.63) is 17.0 Å². The average molecular weight is 333 g/mol. The van der Waals surface area contributed by atoms with Crippen LogP contribution in [0, 0.1) is 16.7 Å². The highest BCUT2D eigenvalue weighted by molar-refractivity contribution is 7.91. The van der Waals surface area contributed by atoms with E-state index >= 15 is 0 Å². The molecule has 2 rings (SSSR count). The fourth-order valence-electron chi connectivity index (χ4n) is 2.70. The highest BCUT2D eigenvalue weighted by Gasteiger charge is 2.64. The zero-order valence-corrected chi connectivity index (χ0v) is 14.5. The van der Waals surface area contributed by atoms with Crippen molar-refractivity contribution < 1.29 is 8.42 Å². The predicted molar refractivity (Wildman–Crippen MR) is 86.4 cm³/mol. The molecule has 1 saturated carbocycles. The van der Waals surface area contributed by atoms with E-state index in [2.05, 4.69) is 32.4 Å². The number of hydrogen-bond acceptors (Lipinski definition) is 4. The molecule has 1 aliphatic rings. The van der Waals surface area contributed by atoms with Crippen LogP contribution in [0.25, 0.3) is 0 Å². The molecule has 1 aromatic rings. The lowest BCUT2D eigenvalue weighted by atomic mass is 10.0. The molecule has 1 aliphatic carbocycles. The maximum Gasteiger partial charge on any atom is 0.250 e. The number of hydrogen-bond donors (Lipinski definition) is 2. The molecular formula is C13H20N2O2S3. The van der Waals surface area contributed by atoms with Crippen LogP contribution in [0.2, 0.25) is 0 Å². The van der Waals surface area contributed by atoms with Crippen LogP contribution in [0.5, 0.6) is 0 Å². The van der Waals surface area contributed by atoms with E-state index in [1.54, 1.807) is 12.1 Å². The monoisotopic (exact) mass is 332 g/mol. The average Bonchev–Trinajstić information content (AvgIpc) is 2.73. The largest absolute Gasteiger partial charge is 0.389 e. The van der Waals surface area contributed by atoms with E-state index in [0.29, 0.717) is 17.3 Å². The van der Waals surface area contributed by atoms with Crippen molar-refractivity contribution >= 4 is 38.6 Å². The molecule has 0 aromatic carbocycles. The second-order valence-electron chi connectivity index (χ2n) is 6.33. The fraction of sp³-hybridized carbons (Fsp3) is 0.615. The number of nitrogens with one attached hydrogen (secondary N) is 1. The molecule has 0 amide bonds. The summed E-state index contributed by atoms with van der Waals surface area (Å²) in [5.41, 5.74) is 5.82. The summed E-state index contributed by atoms with van der Waals surface area (Å²) in [6.07, 6.45) is 0. The minimum Gasteiger partial charge on any atom is -0.389 e. The summed E-state index contributed by atoms with van der Waals surface area (Å²) in [5.74, 6) is 0.347. The SMILES string of the molecule is CC1(C)C(CNS(=O)(=O)c2ccc(C(N)=S)s2)C1(C)C. The first-order valence-corrected chi connectivity index (χ1v) is 9.10. The molecule has 0 unspecified atom stereocenters. The summed E-state index contributed by atoms with van der Waals surface area (Å²) in [6.45, 7) is 9.14. The van der Waals surface area contributed by atoms with Gasteiger partial charge in [-0.3, -0.25) is 0 Å².